The molecule has 5 nitrogen and oxygen atoms in total. The minimum Gasteiger partial charge on any atom is -0.247 e. The van der Waals surface area contributed by atoms with Crippen molar-refractivity contribution >= 4 is 27.6 Å². The fraction of sp³-hybridized carbons (Fsp3) is 0.0909. The Hall–Kier alpha value is -1.66. The van der Waals surface area contributed by atoms with Crippen molar-refractivity contribution in [1.82, 2.24) is 9.97 Å². The zero-order valence-electron chi connectivity index (χ0n) is 9.46. The molecule has 0 saturated carbocycles. The minimum absolute atomic E-state index is 0.0463. The van der Waals surface area contributed by atoms with Gasteiger partial charge in [0, 0.05) is 16.9 Å². The Labute approximate surface area is 110 Å². The van der Waals surface area contributed by atoms with Crippen LogP contribution in [-0.2, 0) is 10.0 Å². The highest BCUT2D eigenvalue weighted by atomic mass is 35.5. The summed E-state index contributed by atoms with van der Waals surface area (Å²) in [6.45, 7) is 1.75. The van der Waals surface area contributed by atoms with E-state index in [0.29, 0.717) is 10.7 Å². The summed E-state index contributed by atoms with van der Waals surface area (Å²) in [7, 11) is -3.68. The highest BCUT2D eigenvalue weighted by Crippen LogP contribution is 2.16. The maximum Gasteiger partial charge on any atom is 0.264 e. The van der Waals surface area contributed by atoms with E-state index in [0.717, 1.165) is 0 Å². The molecule has 1 aromatic heterocycles. The molecule has 1 heterocycles. The SMILES string of the molecule is Cc1ccnc(NS(=O)(=O)c2ccc(Cl)cc2)n1. The third-order valence-electron chi connectivity index (χ3n) is 2.14. The van der Waals surface area contributed by atoms with Gasteiger partial charge in [-0.2, -0.15) is 0 Å². The molecule has 0 atom stereocenters. The second kappa shape index (κ2) is 4.91. The number of anilines is 1. The van der Waals surface area contributed by atoms with Crippen molar-refractivity contribution in [2.45, 2.75) is 11.8 Å². The molecular weight excluding hydrogens is 274 g/mol. The Kier molecular flexibility index (Phi) is 3.49. The number of hydrogen-bond donors (Lipinski definition) is 1. The van der Waals surface area contributed by atoms with E-state index in [1.165, 1.54) is 30.5 Å². The second-order valence-electron chi connectivity index (χ2n) is 3.58. The normalized spacial score (nSPS) is 11.2. The van der Waals surface area contributed by atoms with E-state index < -0.39 is 10.0 Å². The van der Waals surface area contributed by atoms with E-state index in [1.54, 1.807) is 13.0 Å². The van der Waals surface area contributed by atoms with Gasteiger partial charge in [-0.05, 0) is 37.3 Å². The van der Waals surface area contributed by atoms with Crippen LogP contribution in [-0.4, -0.2) is 18.4 Å². The van der Waals surface area contributed by atoms with Gasteiger partial charge in [0.05, 0.1) is 4.90 Å². The molecule has 0 amide bonds. The molecule has 0 bridgehead atoms. The number of sulfonamides is 1. The Balaban J connectivity index is 2.30. The summed E-state index contributed by atoms with van der Waals surface area (Å²) in [5.41, 5.74) is 0.679. The minimum atomic E-state index is -3.68. The third-order valence-corrected chi connectivity index (χ3v) is 3.74. The molecule has 0 spiro atoms. The van der Waals surface area contributed by atoms with E-state index >= 15 is 0 Å². The molecule has 94 valence electrons. The van der Waals surface area contributed by atoms with Crippen molar-refractivity contribution < 1.29 is 8.42 Å². The molecule has 2 rings (SSSR count). The lowest BCUT2D eigenvalue weighted by atomic mass is 10.4. The Morgan fingerprint density at radius 3 is 2.44 bits per heavy atom. The number of aryl methyl sites for hydroxylation is 1. The van der Waals surface area contributed by atoms with Gasteiger partial charge in [0.15, 0.2) is 0 Å². The molecule has 7 heteroatoms. The highest BCUT2D eigenvalue weighted by molar-refractivity contribution is 7.92. The van der Waals surface area contributed by atoms with E-state index in [4.69, 9.17) is 11.6 Å². The fourth-order valence-electron chi connectivity index (χ4n) is 1.29. The van der Waals surface area contributed by atoms with Gasteiger partial charge in [-0.15, -0.1) is 0 Å². The zero-order valence-corrected chi connectivity index (χ0v) is 11.0. The Morgan fingerprint density at radius 1 is 1.17 bits per heavy atom. The number of benzene rings is 1. The molecule has 0 aliphatic rings. The van der Waals surface area contributed by atoms with E-state index in [-0.39, 0.29) is 10.8 Å². The molecule has 0 unspecified atom stereocenters. The van der Waals surface area contributed by atoms with Crippen LogP contribution in [0.15, 0.2) is 41.4 Å². The lowest BCUT2D eigenvalue weighted by molar-refractivity contribution is 0.601. The Morgan fingerprint density at radius 2 is 1.83 bits per heavy atom. The van der Waals surface area contributed by atoms with Gasteiger partial charge < -0.3 is 0 Å². The largest absolute Gasteiger partial charge is 0.264 e. The van der Waals surface area contributed by atoms with Crippen molar-refractivity contribution in [3.8, 4) is 0 Å². The number of rotatable bonds is 3. The first-order valence-corrected chi connectivity index (χ1v) is 6.91. The fourth-order valence-corrected chi connectivity index (χ4v) is 2.37. The summed E-state index contributed by atoms with van der Waals surface area (Å²) in [5.74, 6) is 0.0463. The summed E-state index contributed by atoms with van der Waals surface area (Å²) in [6, 6.07) is 7.53. The van der Waals surface area contributed by atoms with Gasteiger partial charge in [0.2, 0.25) is 5.95 Å². The molecule has 1 N–H and O–H groups in total. The second-order valence-corrected chi connectivity index (χ2v) is 5.70. The average molecular weight is 284 g/mol. The standard InChI is InChI=1S/C11H10ClN3O2S/c1-8-6-7-13-11(14-8)15-18(16,17)10-4-2-9(12)3-5-10/h2-7H,1H3,(H,13,14,15). The third kappa shape index (κ3) is 2.96. The summed E-state index contributed by atoms with van der Waals surface area (Å²) < 4.78 is 26.3. The van der Waals surface area contributed by atoms with Gasteiger partial charge >= 0.3 is 0 Å². The van der Waals surface area contributed by atoms with Crippen molar-refractivity contribution in [2.75, 3.05) is 4.72 Å². The van der Waals surface area contributed by atoms with Crippen LogP contribution in [0.25, 0.3) is 0 Å². The van der Waals surface area contributed by atoms with Crippen LogP contribution in [0.3, 0.4) is 0 Å². The molecule has 18 heavy (non-hydrogen) atoms. The van der Waals surface area contributed by atoms with Gasteiger partial charge in [-0.25, -0.2) is 23.1 Å². The Bertz CT molecular complexity index is 656. The van der Waals surface area contributed by atoms with Crippen LogP contribution < -0.4 is 4.72 Å². The topological polar surface area (TPSA) is 72.0 Å². The number of aromatic nitrogens is 2. The maximum atomic E-state index is 12.0. The highest BCUT2D eigenvalue weighted by Gasteiger charge is 2.15. The van der Waals surface area contributed by atoms with Crippen LogP contribution >= 0.6 is 11.6 Å². The molecule has 0 radical (unpaired) electrons. The maximum absolute atomic E-state index is 12.0. The zero-order chi connectivity index (χ0) is 13.2. The lowest BCUT2D eigenvalue weighted by Crippen LogP contribution is -2.15. The summed E-state index contributed by atoms with van der Waals surface area (Å²) in [5, 5.41) is 0.473. The number of nitrogens with zero attached hydrogens (tertiary/aromatic N) is 2. The number of halogens is 1. The van der Waals surface area contributed by atoms with Crippen LogP contribution in [0.1, 0.15) is 5.69 Å². The molecule has 0 aliphatic heterocycles. The van der Waals surface area contributed by atoms with Crippen LogP contribution in [0.2, 0.25) is 5.02 Å². The van der Waals surface area contributed by atoms with Crippen LogP contribution in [0, 0.1) is 6.92 Å². The summed E-state index contributed by atoms with van der Waals surface area (Å²) in [6.07, 6.45) is 1.49. The lowest BCUT2D eigenvalue weighted by Gasteiger charge is -2.06. The van der Waals surface area contributed by atoms with Gasteiger partial charge in [-0.3, -0.25) is 0 Å². The molecule has 0 aliphatic carbocycles. The van der Waals surface area contributed by atoms with Crippen LogP contribution in [0.5, 0.6) is 0 Å². The first-order chi connectivity index (χ1) is 8.47. The first-order valence-electron chi connectivity index (χ1n) is 5.05. The summed E-state index contributed by atoms with van der Waals surface area (Å²) >= 11 is 5.70. The number of hydrogen-bond acceptors (Lipinski definition) is 4. The first kappa shape index (κ1) is 12.8. The van der Waals surface area contributed by atoms with Gasteiger partial charge in [0.1, 0.15) is 0 Å². The predicted molar refractivity (Wildman–Crippen MR) is 69.0 cm³/mol. The van der Waals surface area contributed by atoms with Crippen molar-refractivity contribution in [1.29, 1.82) is 0 Å². The quantitative estimate of drug-likeness (QED) is 0.938. The molecule has 2 aromatic rings. The predicted octanol–water partition coefficient (Wildman–Crippen LogP) is 2.24. The van der Waals surface area contributed by atoms with E-state index in [2.05, 4.69) is 14.7 Å². The van der Waals surface area contributed by atoms with E-state index in [9.17, 15) is 8.42 Å². The monoisotopic (exact) mass is 283 g/mol. The average Bonchev–Trinajstić information content (AvgIpc) is 2.29. The van der Waals surface area contributed by atoms with E-state index in [1.807, 2.05) is 0 Å². The molecular formula is C11H10ClN3O2S. The molecule has 0 saturated heterocycles. The van der Waals surface area contributed by atoms with Gasteiger partial charge in [-0.1, -0.05) is 11.6 Å². The molecule has 1 aromatic carbocycles. The van der Waals surface area contributed by atoms with Crippen molar-refractivity contribution in [3.63, 3.8) is 0 Å². The number of nitrogens with one attached hydrogen (secondary N) is 1. The van der Waals surface area contributed by atoms with Crippen molar-refractivity contribution in [2.24, 2.45) is 0 Å². The molecule has 0 fully saturated rings. The smallest absolute Gasteiger partial charge is 0.247 e. The summed E-state index contributed by atoms with van der Waals surface area (Å²) in [4.78, 5) is 7.92. The van der Waals surface area contributed by atoms with Crippen molar-refractivity contribution in [3.05, 3.63) is 47.2 Å². The van der Waals surface area contributed by atoms with Gasteiger partial charge in [0.25, 0.3) is 10.0 Å². The van der Waals surface area contributed by atoms with Crippen LogP contribution in [0.4, 0.5) is 5.95 Å².